The molecule has 0 spiro atoms. The Morgan fingerprint density at radius 1 is 0.921 bits per heavy atom. The summed E-state index contributed by atoms with van der Waals surface area (Å²) in [5.74, 6) is -0.361. The number of benzene rings is 2. The van der Waals surface area contributed by atoms with Gasteiger partial charge >= 0.3 is 6.09 Å². The van der Waals surface area contributed by atoms with Gasteiger partial charge in [-0.05, 0) is 106 Å². The van der Waals surface area contributed by atoms with E-state index in [-0.39, 0.29) is 17.5 Å². The lowest BCUT2D eigenvalue weighted by Crippen LogP contribution is -2.51. The van der Waals surface area contributed by atoms with E-state index in [1.165, 1.54) is 12.1 Å². The highest BCUT2D eigenvalue weighted by Gasteiger charge is 2.45. The summed E-state index contributed by atoms with van der Waals surface area (Å²) in [4.78, 5) is 42.1. The molecule has 5 rings (SSSR count). The zero-order valence-electron chi connectivity index (χ0n) is 21.7. The van der Waals surface area contributed by atoms with E-state index in [9.17, 15) is 18.8 Å². The SMILES string of the molecule is NC(=O)C1(OC(=O)N2Cc3ccccc3C2)CCC(CCN2CCC(C(=O)c3ccc(F)cc3)CC2)CC1. The molecule has 2 aromatic rings. The van der Waals surface area contributed by atoms with Crippen molar-refractivity contribution in [2.24, 2.45) is 17.6 Å². The predicted molar refractivity (Wildman–Crippen MR) is 141 cm³/mol. The first kappa shape index (κ1) is 26.4. The normalized spacial score (nSPS) is 24.1. The Hall–Kier alpha value is -3.26. The van der Waals surface area contributed by atoms with Gasteiger partial charge in [0, 0.05) is 24.6 Å². The molecule has 0 radical (unpaired) electrons. The third kappa shape index (κ3) is 5.75. The van der Waals surface area contributed by atoms with Crippen LogP contribution in [0.3, 0.4) is 0 Å². The molecule has 2 aromatic carbocycles. The van der Waals surface area contributed by atoms with Gasteiger partial charge in [0.2, 0.25) is 0 Å². The maximum absolute atomic E-state index is 13.2. The first-order valence-electron chi connectivity index (χ1n) is 13.7. The molecule has 0 bridgehead atoms. The van der Waals surface area contributed by atoms with Crippen LogP contribution in [0.4, 0.5) is 9.18 Å². The zero-order chi connectivity index (χ0) is 26.7. The summed E-state index contributed by atoms with van der Waals surface area (Å²) < 4.78 is 19.0. The van der Waals surface area contributed by atoms with Gasteiger partial charge in [0.05, 0.1) is 0 Å². The summed E-state index contributed by atoms with van der Waals surface area (Å²) in [5, 5.41) is 0. The van der Waals surface area contributed by atoms with Crippen LogP contribution in [0.5, 0.6) is 0 Å². The molecular formula is C30H36FN3O4. The number of Topliss-reactive ketones (excluding diaryl/α,β-unsaturated/α-hetero) is 1. The number of carbonyl (C=O) groups excluding carboxylic acids is 3. The topological polar surface area (TPSA) is 92.9 Å². The molecule has 2 heterocycles. The maximum Gasteiger partial charge on any atom is 0.411 e. The van der Waals surface area contributed by atoms with Crippen LogP contribution >= 0.6 is 0 Å². The highest BCUT2D eigenvalue weighted by molar-refractivity contribution is 5.97. The second kappa shape index (κ2) is 11.2. The number of primary amides is 1. The van der Waals surface area contributed by atoms with Crippen LogP contribution in [-0.4, -0.2) is 52.8 Å². The van der Waals surface area contributed by atoms with E-state index in [0.29, 0.717) is 37.4 Å². The Kier molecular flexibility index (Phi) is 7.79. The highest BCUT2D eigenvalue weighted by atomic mass is 19.1. The predicted octanol–water partition coefficient (Wildman–Crippen LogP) is 4.68. The fourth-order valence-corrected chi connectivity index (χ4v) is 6.16. The van der Waals surface area contributed by atoms with Gasteiger partial charge in [0.1, 0.15) is 5.82 Å². The molecule has 7 nitrogen and oxygen atoms in total. The van der Waals surface area contributed by atoms with E-state index in [1.54, 1.807) is 17.0 Å². The fraction of sp³-hybridized carbons (Fsp3) is 0.500. The van der Waals surface area contributed by atoms with Gasteiger partial charge in [-0.25, -0.2) is 9.18 Å². The van der Waals surface area contributed by atoms with Crippen molar-refractivity contribution in [2.45, 2.75) is 63.6 Å². The zero-order valence-corrected chi connectivity index (χ0v) is 21.7. The van der Waals surface area contributed by atoms with Crippen molar-refractivity contribution < 1.29 is 23.5 Å². The summed E-state index contributed by atoms with van der Waals surface area (Å²) in [7, 11) is 0. The minimum Gasteiger partial charge on any atom is -0.433 e. The number of amides is 2. The lowest BCUT2D eigenvalue weighted by atomic mass is 9.77. The van der Waals surface area contributed by atoms with Gasteiger partial charge in [-0.15, -0.1) is 0 Å². The van der Waals surface area contributed by atoms with E-state index in [1.807, 2.05) is 24.3 Å². The second-order valence-electron chi connectivity index (χ2n) is 11.1. The molecule has 0 unspecified atom stereocenters. The first-order chi connectivity index (χ1) is 18.3. The Balaban J connectivity index is 1.06. The molecule has 0 aromatic heterocycles. The summed E-state index contributed by atoms with van der Waals surface area (Å²) in [6.45, 7) is 3.64. The molecule has 202 valence electrons. The standard InChI is InChI=1S/C30H36FN3O4/c31-26-7-5-22(6-8-26)27(35)23-12-17-33(18-13-23)16-11-21-9-14-30(15-10-21,28(32)36)38-29(37)34-19-24-3-1-2-4-25(24)20-34/h1-8,21,23H,9-20H2,(H2,32,36). The number of likely N-dealkylation sites (tertiary alicyclic amines) is 1. The molecule has 1 saturated heterocycles. The van der Waals surface area contributed by atoms with Gasteiger partial charge < -0.3 is 15.4 Å². The van der Waals surface area contributed by atoms with Crippen LogP contribution in [0, 0.1) is 17.7 Å². The number of carbonyl (C=O) groups is 3. The maximum atomic E-state index is 13.2. The number of piperidine rings is 1. The van der Waals surface area contributed by atoms with Crippen LogP contribution in [0.1, 0.15) is 66.4 Å². The van der Waals surface area contributed by atoms with Crippen molar-refractivity contribution >= 4 is 17.8 Å². The Bertz CT molecular complexity index is 1140. The minimum atomic E-state index is -1.23. The smallest absolute Gasteiger partial charge is 0.411 e. The van der Waals surface area contributed by atoms with Crippen molar-refractivity contribution in [2.75, 3.05) is 19.6 Å². The van der Waals surface area contributed by atoms with E-state index in [0.717, 1.165) is 62.9 Å². The average Bonchev–Trinajstić information content (AvgIpc) is 3.38. The van der Waals surface area contributed by atoms with Crippen molar-refractivity contribution in [1.82, 2.24) is 9.80 Å². The van der Waals surface area contributed by atoms with Gasteiger partial charge in [0.25, 0.3) is 5.91 Å². The van der Waals surface area contributed by atoms with Crippen molar-refractivity contribution in [3.63, 3.8) is 0 Å². The van der Waals surface area contributed by atoms with Crippen LogP contribution < -0.4 is 5.73 Å². The van der Waals surface area contributed by atoms with Gasteiger partial charge in [-0.3, -0.25) is 14.5 Å². The van der Waals surface area contributed by atoms with Crippen LogP contribution in [0.25, 0.3) is 0 Å². The van der Waals surface area contributed by atoms with Gasteiger partial charge in [-0.1, -0.05) is 24.3 Å². The number of nitrogens with two attached hydrogens (primary N) is 1. The fourth-order valence-electron chi connectivity index (χ4n) is 6.16. The van der Waals surface area contributed by atoms with Crippen LogP contribution in [0.2, 0.25) is 0 Å². The van der Waals surface area contributed by atoms with Crippen LogP contribution in [-0.2, 0) is 22.6 Å². The molecule has 2 aliphatic heterocycles. The molecule has 0 atom stereocenters. The molecule has 38 heavy (non-hydrogen) atoms. The van der Waals surface area contributed by atoms with Crippen molar-refractivity contribution in [3.8, 4) is 0 Å². The summed E-state index contributed by atoms with van der Waals surface area (Å²) >= 11 is 0. The minimum absolute atomic E-state index is 0.0133. The molecule has 2 amide bonds. The second-order valence-corrected chi connectivity index (χ2v) is 11.1. The molecule has 2 N–H and O–H groups in total. The van der Waals surface area contributed by atoms with E-state index < -0.39 is 17.6 Å². The van der Waals surface area contributed by atoms with Crippen molar-refractivity contribution in [1.29, 1.82) is 0 Å². The first-order valence-corrected chi connectivity index (χ1v) is 13.7. The van der Waals surface area contributed by atoms with Crippen LogP contribution in [0.15, 0.2) is 48.5 Å². The Morgan fingerprint density at radius 2 is 1.53 bits per heavy atom. The van der Waals surface area contributed by atoms with Gasteiger partial charge in [-0.2, -0.15) is 0 Å². The molecule has 1 aliphatic carbocycles. The lowest BCUT2D eigenvalue weighted by molar-refractivity contribution is -0.142. The molecule has 8 heteroatoms. The van der Waals surface area contributed by atoms with Crippen molar-refractivity contribution in [3.05, 3.63) is 71.0 Å². The summed E-state index contributed by atoms with van der Waals surface area (Å²) in [6.07, 6.45) is 4.62. The molecular weight excluding hydrogens is 485 g/mol. The quantitative estimate of drug-likeness (QED) is 0.534. The lowest BCUT2D eigenvalue weighted by Gasteiger charge is -2.39. The number of hydrogen-bond donors (Lipinski definition) is 1. The number of hydrogen-bond acceptors (Lipinski definition) is 5. The van der Waals surface area contributed by atoms with Gasteiger partial charge in [0.15, 0.2) is 11.4 Å². The Labute approximate surface area is 223 Å². The third-order valence-corrected chi connectivity index (χ3v) is 8.68. The number of ketones is 1. The number of fused-ring (bicyclic) bond motifs is 1. The molecule has 1 saturated carbocycles. The summed E-state index contributed by atoms with van der Waals surface area (Å²) in [6, 6.07) is 13.7. The third-order valence-electron chi connectivity index (χ3n) is 8.68. The molecule has 3 aliphatic rings. The van der Waals surface area contributed by atoms with E-state index >= 15 is 0 Å². The average molecular weight is 522 g/mol. The largest absolute Gasteiger partial charge is 0.433 e. The summed E-state index contributed by atoms with van der Waals surface area (Å²) in [5.41, 5.74) is 7.32. The molecule has 2 fully saturated rings. The number of rotatable bonds is 7. The number of halogens is 1. The number of ether oxygens (including phenoxy) is 1. The monoisotopic (exact) mass is 521 g/mol. The van der Waals surface area contributed by atoms with E-state index in [4.69, 9.17) is 10.5 Å². The van der Waals surface area contributed by atoms with E-state index in [2.05, 4.69) is 4.90 Å². The highest BCUT2D eigenvalue weighted by Crippen LogP contribution is 2.38. The number of nitrogens with zero attached hydrogens (tertiary/aromatic N) is 2. The Morgan fingerprint density at radius 3 is 2.11 bits per heavy atom.